The maximum absolute atomic E-state index is 12.5. The van der Waals surface area contributed by atoms with Gasteiger partial charge < -0.3 is 0 Å². The Morgan fingerprint density at radius 2 is 1.86 bits per heavy atom. The van der Waals surface area contributed by atoms with E-state index in [2.05, 4.69) is 31.9 Å². The summed E-state index contributed by atoms with van der Waals surface area (Å²) < 4.78 is 27.5. The van der Waals surface area contributed by atoms with Crippen LogP contribution < -0.4 is 0 Å². The zero-order valence-electron chi connectivity index (χ0n) is 6.73. The summed E-state index contributed by atoms with van der Waals surface area (Å²) in [5.41, 5.74) is 0.0443. The van der Waals surface area contributed by atoms with Gasteiger partial charge in [-0.1, -0.05) is 15.9 Å². The van der Waals surface area contributed by atoms with Crippen LogP contribution in [0.4, 0.5) is 8.78 Å². The zero-order chi connectivity index (χ0) is 10.3. The molecule has 0 bridgehead atoms. The Morgan fingerprint density at radius 3 is 2.50 bits per heavy atom. The Bertz CT molecular complexity index is 479. The van der Waals surface area contributed by atoms with Gasteiger partial charge in [0.15, 0.2) is 0 Å². The van der Waals surface area contributed by atoms with Gasteiger partial charge in [0.2, 0.25) is 0 Å². The first-order valence-corrected chi connectivity index (χ1v) is 6.15. The molecule has 1 heterocycles. The Balaban J connectivity index is 2.70. The number of hydrogen-bond donors (Lipinski definition) is 0. The minimum absolute atomic E-state index is 0.0443. The first-order chi connectivity index (χ1) is 6.58. The highest BCUT2D eigenvalue weighted by atomic mass is 79.9. The Kier molecular flexibility index (Phi) is 2.91. The number of alkyl halides is 2. The lowest BCUT2D eigenvalue weighted by atomic mass is 10.2. The highest BCUT2D eigenvalue weighted by molar-refractivity contribution is 9.11. The summed E-state index contributed by atoms with van der Waals surface area (Å²) in [6.07, 6.45) is -2.44. The number of rotatable bonds is 1. The van der Waals surface area contributed by atoms with Gasteiger partial charge >= 0.3 is 0 Å². The second-order valence-corrected chi connectivity index (χ2v) is 6.08. The van der Waals surface area contributed by atoms with Gasteiger partial charge in [-0.2, -0.15) is 0 Å². The predicted molar refractivity (Wildman–Crippen MR) is 62.2 cm³/mol. The van der Waals surface area contributed by atoms with Crippen molar-refractivity contribution in [3.8, 4) is 0 Å². The topological polar surface area (TPSA) is 0 Å². The van der Waals surface area contributed by atoms with E-state index in [-0.39, 0.29) is 5.56 Å². The van der Waals surface area contributed by atoms with E-state index in [0.717, 1.165) is 13.9 Å². The smallest absolute Gasteiger partial charge is 0.205 e. The lowest BCUT2D eigenvalue weighted by Crippen LogP contribution is -1.84. The highest BCUT2D eigenvalue weighted by Crippen LogP contribution is 2.36. The molecule has 5 heteroatoms. The van der Waals surface area contributed by atoms with E-state index in [0.29, 0.717) is 4.47 Å². The van der Waals surface area contributed by atoms with Crippen LogP contribution in [-0.4, -0.2) is 0 Å². The van der Waals surface area contributed by atoms with Crippen molar-refractivity contribution < 1.29 is 8.78 Å². The van der Waals surface area contributed by atoms with Crippen molar-refractivity contribution in [1.29, 1.82) is 0 Å². The van der Waals surface area contributed by atoms with E-state index in [1.807, 2.05) is 6.07 Å². The molecule has 0 saturated carbocycles. The summed E-state index contributed by atoms with van der Waals surface area (Å²) in [5, 5.41) is 0.848. The predicted octanol–water partition coefficient (Wildman–Crippen LogP) is 5.36. The van der Waals surface area contributed by atoms with Crippen LogP contribution in [0.15, 0.2) is 26.5 Å². The van der Waals surface area contributed by atoms with Gasteiger partial charge in [0, 0.05) is 14.7 Å². The summed E-state index contributed by atoms with van der Waals surface area (Å²) in [5.74, 6) is 0. The molecular formula is C9H4Br2F2S. The number of halogens is 4. The second-order valence-electron chi connectivity index (χ2n) is 2.76. The molecule has 0 nitrogen and oxygen atoms in total. The van der Waals surface area contributed by atoms with Crippen molar-refractivity contribution in [1.82, 2.24) is 0 Å². The normalized spacial score (nSPS) is 11.5. The second kappa shape index (κ2) is 3.87. The molecule has 0 spiro atoms. The van der Waals surface area contributed by atoms with E-state index >= 15 is 0 Å². The van der Waals surface area contributed by atoms with Crippen LogP contribution in [0.25, 0.3) is 10.1 Å². The lowest BCUT2D eigenvalue weighted by Gasteiger charge is -2.02. The van der Waals surface area contributed by atoms with Crippen molar-refractivity contribution >= 4 is 53.3 Å². The summed E-state index contributed by atoms with van der Waals surface area (Å²) >= 11 is 7.99. The Morgan fingerprint density at radius 1 is 1.14 bits per heavy atom. The van der Waals surface area contributed by atoms with E-state index in [4.69, 9.17) is 0 Å². The summed E-state index contributed by atoms with van der Waals surface area (Å²) in [4.78, 5) is 0. The van der Waals surface area contributed by atoms with Crippen LogP contribution in [-0.2, 0) is 0 Å². The van der Waals surface area contributed by atoms with Crippen LogP contribution in [0.3, 0.4) is 0 Å². The molecule has 0 unspecified atom stereocenters. The number of thiophene rings is 1. The van der Waals surface area contributed by atoms with Gasteiger partial charge in [0.25, 0.3) is 6.43 Å². The third-order valence-electron chi connectivity index (χ3n) is 1.84. The van der Waals surface area contributed by atoms with Gasteiger partial charge in [-0.15, -0.1) is 11.3 Å². The molecule has 2 aromatic rings. The van der Waals surface area contributed by atoms with Crippen LogP contribution in [0.5, 0.6) is 0 Å². The standard InChI is InChI=1S/C9H4Br2F2S/c10-6-3-7-4(2-8(11)14-7)1-5(6)9(12)13/h1-3,9H. The van der Waals surface area contributed by atoms with Crippen LogP contribution in [0.2, 0.25) is 0 Å². The van der Waals surface area contributed by atoms with Crippen molar-refractivity contribution in [3.05, 3.63) is 32.0 Å². The molecule has 0 atom stereocenters. The van der Waals surface area contributed by atoms with Gasteiger partial charge in [0.05, 0.1) is 3.79 Å². The third-order valence-corrected chi connectivity index (χ3v) is 4.13. The maximum atomic E-state index is 12.5. The Labute approximate surface area is 100 Å². The number of fused-ring (bicyclic) bond motifs is 1. The molecule has 0 aliphatic heterocycles. The summed E-state index contributed by atoms with van der Waals surface area (Å²) in [7, 11) is 0. The molecule has 74 valence electrons. The zero-order valence-corrected chi connectivity index (χ0v) is 10.7. The fraction of sp³-hybridized carbons (Fsp3) is 0.111. The molecule has 0 aliphatic rings. The molecule has 0 N–H and O–H groups in total. The van der Waals surface area contributed by atoms with Crippen LogP contribution >= 0.6 is 43.2 Å². The molecule has 0 fully saturated rings. The SMILES string of the molecule is FC(F)c1cc2cc(Br)sc2cc1Br. The van der Waals surface area contributed by atoms with Crippen molar-refractivity contribution in [2.75, 3.05) is 0 Å². The first-order valence-electron chi connectivity index (χ1n) is 3.74. The summed E-state index contributed by atoms with van der Waals surface area (Å²) in [6, 6.07) is 5.09. The lowest BCUT2D eigenvalue weighted by molar-refractivity contribution is 0.150. The van der Waals surface area contributed by atoms with Crippen LogP contribution in [0, 0.1) is 0 Å². The summed E-state index contributed by atoms with van der Waals surface area (Å²) in [6.45, 7) is 0. The van der Waals surface area contributed by atoms with Crippen molar-refractivity contribution in [2.24, 2.45) is 0 Å². The number of benzene rings is 1. The molecule has 0 radical (unpaired) electrons. The van der Waals surface area contributed by atoms with Gasteiger partial charge in [0.1, 0.15) is 0 Å². The third kappa shape index (κ3) is 1.85. The minimum atomic E-state index is -2.44. The molecule has 0 saturated heterocycles. The van der Waals surface area contributed by atoms with Gasteiger partial charge in [-0.3, -0.25) is 0 Å². The average Bonchev–Trinajstić information content (AvgIpc) is 2.42. The van der Waals surface area contributed by atoms with Gasteiger partial charge in [-0.05, 0) is 39.5 Å². The molecular weight excluding hydrogens is 338 g/mol. The molecule has 1 aromatic heterocycles. The van der Waals surface area contributed by atoms with E-state index in [1.165, 1.54) is 17.4 Å². The fourth-order valence-electron chi connectivity index (χ4n) is 1.21. The minimum Gasteiger partial charge on any atom is -0.205 e. The first kappa shape index (κ1) is 10.5. The molecule has 14 heavy (non-hydrogen) atoms. The Hall–Kier alpha value is -0.000000000000000111. The maximum Gasteiger partial charge on any atom is 0.264 e. The molecule has 0 aliphatic carbocycles. The largest absolute Gasteiger partial charge is 0.264 e. The average molecular weight is 342 g/mol. The van der Waals surface area contributed by atoms with E-state index < -0.39 is 6.43 Å². The van der Waals surface area contributed by atoms with Crippen LogP contribution in [0.1, 0.15) is 12.0 Å². The highest BCUT2D eigenvalue weighted by Gasteiger charge is 2.13. The molecule has 2 rings (SSSR count). The fourth-order valence-corrected chi connectivity index (χ4v) is 3.46. The van der Waals surface area contributed by atoms with Crippen molar-refractivity contribution in [2.45, 2.75) is 6.43 Å². The molecule has 0 amide bonds. The molecule has 1 aromatic carbocycles. The van der Waals surface area contributed by atoms with Gasteiger partial charge in [-0.25, -0.2) is 8.78 Å². The monoisotopic (exact) mass is 340 g/mol. The van der Waals surface area contributed by atoms with Crippen molar-refractivity contribution in [3.63, 3.8) is 0 Å². The quantitative estimate of drug-likeness (QED) is 0.654. The number of hydrogen-bond acceptors (Lipinski definition) is 1. The van der Waals surface area contributed by atoms with E-state index in [1.54, 1.807) is 6.07 Å². The van der Waals surface area contributed by atoms with E-state index in [9.17, 15) is 8.78 Å².